The summed E-state index contributed by atoms with van der Waals surface area (Å²) < 4.78 is 29.7. The van der Waals surface area contributed by atoms with Crippen LogP contribution < -0.4 is 54.0 Å². The number of thioether (sulfide) groups is 1. The topological polar surface area (TPSA) is 589 Å². The van der Waals surface area contributed by atoms with Gasteiger partial charge in [-0.1, -0.05) is 131 Å². The van der Waals surface area contributed by atoms with E-state index in [9.17, 15) is 87.5 Å². The molecule has 2 fully saturated rings. The fraction of sp³-hybridized carbons (Fsp3) is 0.446. The maximum absolute atomic E-state index is 15.4. The van der Waals surface area contributed by atoms with Crippen molar-refractivity contribution in [2.75, 3.05) is 52.3 Å². The van der Waals surface area contributed by atoms with Gasteiger partial charge in [0.2, 0.25) is 82.7 Å². The molecule has 8 rings (SSSR count). The highest BCUT2D eigenvalue weighted by Crippen LogP contribution is 2.28. The number of likely N-dealkylation sites (N-methyl/N-ethyl adjacent to an activating group) is 3. The van der Waals surface area contributed by atoms with Gasteiger partial charge in [0, 0.05) is 115 Å². The van der Waals surface area contributed by atoms with Gasteiger partial charge in [-0.15, -0.1) is 20.6 Å². The second-order valence-corrected chi connectivity index (χ2v) is 35.3. The number of amides is 14. The first kappa shape index (κ1) is 107. The van der Waals surface area contributed by atoms with Crippen LogP contribution in [0.15, 0.2) is 134 Å². The van der Waals surface area contributed by atoms with Crippen molar-refractivity contribution in [3.63, 3.8) is 0 Å². The van der Waals surface area contributed by atoms with Crippen molar-refractivity contribution >= 4 is 144 Å². The minimum atomic E-state index is -1.95. The van der Waals surface area contributed by atoms with E-state index < -0.39 is 273 Å². The Morgan fingerprint density at radius 1 is 0.563 bits per heavy atom. The zero-order chi connectivity index (χ0) is 99.2. The molecule has 1 aromatic heterocycles. The first-order valence-corrected chi connectivity index (χ1v) is 45.3. The van der Waals surface area contributed by atoms with Gasteiger partial charge < -0.3 is 114 Å². The van der Waals surface area contributed by atoms with Crippen molar-refractivity contribution in [3.8, 4) is 5.75 Å². The number of likely N-dealkylation sites (tertiary alicyclic amines) is 2. The van der Waals surface area contributed by atoms with E-state index in [1.54, 1.807) is 98.8 Å². The van der Waals surface area contributed by atoms with Gasteiger partial charge in [0.15, 0.2) is 11.6 Å². The molecule has 0 spiro atoms. The fourth-order valence-corrected chi connectivity index (χ4v) is 16.8. The van der Waals surface area contributed by atoms with Crippen molar-refractivity contribution < 1.29 is 121 Å². The van der Waals surface area contributed by atoms with Crippen molar-refractivity contribution in [3.05, 3.63) is 173 Å². The maximum atomic E-state index is 15.4. The van der Waals surface area contributed by atoms with Crippen LogP contribution in [0.2, 0.25) is 0 Å². The monoisotopic (exact) mass is 1910 g/mol. The van der Waals surface area contributed by atoms with Gasteiger partial charge >= 0.3 is 17.9 Å². The smallest absolute Gasteiger partial charge is 0.305 e. The number of carbonyl (C=O) groups is 18. The predicted octanol–water partition coefficient (Wildman–Crippen LogP) is 0.329. The van der Waals surface area contributed by atoms with Crippen LogP contribution in [0.1, 0.15) is 113 Å². The minimum absolute atomic E-state index is 0.0174. The van der Waals surface area contributed by atoms with E-state index >= 15 is 33.2 Å². The van der Waals surface area contributed by atoms with Crippen LogP contribution in [0, 0.1) is 17.6 Å². The number of unbranched alkanes of at least 4 members (excludes halogenated alkanes) is 1. The Labute approximate surface area is 782 Å². The SMILES string of the molecule is CCCC[C@@H](C(=O)N1CC(=P)C[C@@H]1C(=O)N[C@H](C=O)CC(=O)O)N(C)C(=O)[C@H](Cc1ccccc1)N(C)C(=O)[C@H](Cc1ccc(F)c(F)c1)NC(=O)CSC[C@H](NC(=O)[C@H](CCC(=O)O)NC(=O)[C@H](Cc1ccc(O)cc1)NC(=O)[C@H](Cc1c[nH]c2ccccc12)NC(=O)C1C[C@@H](O)CN1C(=O)[C@H](CCC(=O)O)NC(=O)C(Cc1ccccc1)N(C)C(=O)[C@@H](N)C(C)C)C(=O)NCC(N)=O. The lowest BCUT2D eigenvalue weighted by molar-refractivity contribution is -0.152. The van der Waals surface area contributed by atoms with Gasteiger partial charge in [0.05, 0.1) is 36.9 Å². The lowest BCUT2D eigenvalue weighted by Crippen LogP contribution is -2.61. The number of aldehydes is 1. The highest BCUT2D eigenvalue weighted by Gasteiger charge is 2.47. The highest BCUT2D eigenvalue weighted by atomic mass is 32.2. The molecule has 14 atom stereocenters. The van der Waals surface area contributed by atoms with Gasteiger partial charge in [-0.3, -0.25) is 81.5 Å². The number of phenolic OH excluding ortho intramolecular Hbond substituents is 1. The second kappa shape index (κ2) is 51.0. The average molecular weight is 1910 g/mol. The molecule has 14 amide bonds. The summed E-state index contributed by atoms with van der Waals surface area (Å²) >= 11 is 0.617. The third kappa shape index (κ3) is 31.3. The molecular formula is C92H115F2N16O23PS. The molecule has 726 valence electrons. The summed E-state index contributed by atoms with van der Waals surface area (Å²) in [5.41, 5.74) is 13.9. The number of carbonyl (C=O) groups excluding carboxylic acids is 15. The van der Waals surface area contributed by atoms with Crippen LogP contribution in [-0.4, -0.2) is 304 Å². The van der Waals surface area contributed by atoms with Crippen molar-refractivity contribution in [2.45, 2.75) is 202 Å². The lowest BCUT2D eigenvalue weighted by atomic mass is 9.99. The fourth-order valence-electron chi connectivity index (χ4n) is 15.6. The number of nitrogens with one attached hydrogen (secondary N) is 9. The Bertz CT molecular complexity index is 5300. The van der Waals surface area contributed by atoms with E-state index in [1.807, 2.05) is 6.92 Å². The van der Waals surface area contributed by atoms with Crippen LogP contribution in [0.3, 0.4) is 0 Å². The second-order valence-electron chi connectivity index (χ2n) is 33.6. The van der Waals surface area contributed by atoms with E-state index in [1.165, 1.54) is 56.5 Å². The highest BCUT2D eigenvalue weighted by molar-refractivity contribution is 8.00. The molecule has 5 aromatic carbocycles. The van der Waals surface area contributed by atoms with Gasteiger partial charge in [0.1, 0.15) is 78.5 Å². The standard InChI is InChI=1S/C92H115F2N16O23PS/c1-7-8-23-70(91(132)110-46-59(134)42-73(110)86(127)99-56(47-111)40-79(120)121)106(4)90(131)74(38-52-19-13-10-14-20-52)108(6)88(129)68(36-54-26-29-61(93)62(94)34-54)100-76(115)49-135-48-69(81(122)98-44-75(95)114)105-82(123)64(30-32-77(116)117)101-83(124)66(35-53-24-27-57(112)28-25-53)103-84(125)67(39-55-43-97-63-22-16-15-21-60(55)63)104-87(128)72-41-58(113)45-109(72)89(130)65(31-33-78(118)119)102-85(126)71(37-51-17-11-9-12-18-51)107(5)92(133)80(96)50(2)3/h9-22,24-29,34,43,47,50,56,58,64-74,80,97,112-113,134H,7-8,23,30-33,35-42,44-46,48-49,96H2,1-6H3,(H2,95,114)(H,98,122)(H,99,127)(H,100,115)(H,101,124)(H,102,126)(H,103,125)(H,104,128)(H,105,123)(H,116,117)(H,118,119)(H,120,121)/t56-,58+,64-,65-,66-,67-,68-,69-,70-,71?,72?,73+,74-,80-/m0/s1. The number of halogens is 2. The molecule has 2 unspecified atom stereocenters. The largest absolute Gasteiger partial charge is 0.508 e. The van der Waals surface area contributed by atoms with Crippen LogP contribution in [0.5, 0.6) is 5.75 Å². The van der Waals surface area contributed by atoms with Gasteiger partial charge in [-0.2, -0.15) is 0 Å². The number of benzene rings is 5. The predicted molar refractivity (Wildman–Crippen MR) is 491 cm³/mol. The number of nitrogens with two attached hydrogens (primary N) is 2. The Balaban J connectivity index is 1.05. The molecule has 3 heterocycles. The number of aromatic amines is 1. The molecule has 0 radical (unpaired) electrons. The average Bonchev–Trinajstić information content (AvgIpc) is 1.72. The van der Waals surface area contributed by atoms with E-state index in [0.717, 1.165) is 37.8 Å². The third-order valence-electron chi connectivity index (χ3n) is 23.1. The number of aliphatic carboxylic acids is 3. The molecule has 0 saturated carbocycles. The molecule has 0 bridgehead atoms. The summed E-state index contributed by atoms with van der Waals surface area (Å²) in [6.07, 6.45) is -4.74. The summed E-state index contributed by atoms with van der Waals surface area (Å²) in [7, 11) is 7.35. The van der Waals surface area contributed by atoms with E-state index in [4.69, 9.17) is 11.5 Å². The van der Waals surface area contributed by atoms with Crippen molar-refractivity contribution in [2.24, 2.45) is 17.4 Å². The normalized spacial score (nSPS) is 16.5. The van der Waals surface area contributed by atoms with Gasteiger partial charge in [-0.05, 0) is 88.6 Å². The molecular weight excluding hydrogens is 1800 g/mol. The molecule has 2 aliphatic heterocycles. The maximum Gasteiger partial charge on any atom is 0.305 e. The van der Waals surface area contributed by atoms with E-state index in [0.29, 0.717) is 57.5 Å². The molecule has 2 saturated heterocycles. The molecule has 2 aliphatic rings. The number of aromatic nitrogens is 1. The number of fused-ring (bicyclic) bond motifs is 1. The summed E-state index contributed by atoms with van der Waals surface area (Å²) in [4.78, 5) is 261. The number of phenols is 1. The number of aromatic hydroxyl groups is 1. The number of nitrogens with zero attached hydrogens (tertiary/aromatic N) is 5. The van der Waals surface area contributed by atoms with Crippen molar-refractivity contribution in [1.82, 2.24) is 72.0 Å². The van der Waals surface area contributed by atoms with Crippen LogP contribution >= 0.6 is 20.6 Å². The molecule has 43 heteroatoms. The quantitative estimate of drug-likeness (QED) is 0.0181. The number of primary amides is 1. The summed E-state index contributed by atoms with van der Waals surface area (Å²) in [6.45, 7) is 3.68. The van der Waals surface area contributed by atoms with E-state index in [-0.39, 0.29) is 67.7 Å². The number of aliphatic hydroxyl groups is 1. The molecule has 39 nitrogen and oxygen atoms in total. The number of β-amino-alcohol motifs (C(OH)–C–C–N with tert-alkyl or cyclic N) is 1. The van der Waals surface area contributed by atoms with Crippen LogP contribution in [0.4, 0.5) is 8.78 Å². The summed E-state index contributed by atoms with van der Waals surface area (Å²) in [5.74, 6) is -22.7. The zero-order valence-corrected chi connectivity index (χ0v) is 77.0. The number of aliphatic hydroxyl groups excluding tert-OH is 1. The number of carboxylic acids is 3. The third-order valence-corrected chi connectivity index (χ3v) is 24.5. The number of hydrogen-bond acceptors (Lipinski definition) is 22. The number of H-pyrrole nitrogens is 1. The van der Waals surface area contributed by atoms with Crippen molar-refractivity contribution in [1.29, 1.82) is 0 Å². The van der Waals surface area contributed by atoms with Crippen LogP contribution in [0.25, 0.3) is 10.9 Å². The van der Waals surface area contributed by atoms with Gasteiger partial charge in [0.25, 0.3) is 0 Å². The van der Waals surface area contributed by atoms with Gasteiger partial charge in [-0.25, -0.2) is 8.78 Å². The Morgan fingerprint density at radius 3 is 1.70 bits per heavy atom. The van der Waals surface area contributed by atoms with Crippen LogP contribution in [-0.2, 0) is 118 Å². The Kier molecular flexibility index (Phi) is 40.4. The van der Waals surface area contributed by atoms with E-state index in [2.05, 4.69) is 56.4 Å². The number of hydrogen-bond donors (Lipinski definition) is 16. The first-order valence-electron chi connectivity index (χ1n) is 43.7. The summed E-state index contributed by atoms with van der Waals surface area (Å²) in [6, 6.07) is 11.0. The Morgan fingerprint density at radius 2 is 1.10 bits per heavy atom. The number of para-hydroxylation sites is 1. The number of carboxylic acid groups (broad SMARTS) is 3. The first-order chi connectivity index (χ1) is 64.1. The Hall–Kier alpha value is -13.6. The zero-order valence-electron chi connectivity index (χ0n) is 75.2. The molecule has 135 heavy (non-hydrogen) atoms. The molecule has 18 N–H and O–H groups in total. The number of rotatable bonds is 51. The minimum Gasteiger partial charge on any atom is -0.508 e. The molecule has 6 aromatic rings. The molecule has 0 aliphatic carbocycles. The lowest BCUT2D eigenvalue weighted by Gasteiger charge is -2.37. The summed E-state index contributed by atoms with van der Waals surface area (Å²) in [5, 5.41) is 72.1.